The number of amides is 4. The van der Waals surface area contributed by atoms with Crippen LogP contribution in [0.25, 0.3) is 0 Å². The zero-order valence-corrected chi connectivity index (χ0v) is 43.7. The van der Waals surface area contributed by atoms with Gasteiger partial charge in [0.1, 0.15) is 18.2 Å². The number of hydrogen-bond donors (Lipinski definition) is 1. The summed E-state index contributed by atoms with van der Waals surface area (Å²) in [6.45, 7) is 10.2. The van der Waals surface area contributed by atoms with Crippen molar-refractivity contribution in [2.75, 3.05) is 88.5 Å². The first-order valence-corrected chi connectivity index (χ1v) is 27.7. The van der Waals surface area contributed by atoms with E-state index in [1.807, 2.05) is 34.7 Å². The number of likely N-dealkylation sites (tertiary alicyclic amines) is 1. The Morgan fingerprint density at radius 2 is 1.51 bits per heavy atom. The van der Waals surface area contributed by atoms with Gasteiger partial charge < -0.3 is 38.5 Å². The van der Waals surface area contributed by atoms with Crippen molar-refractivity contribution in [3.8, 4) is 0 Å². The molecule has 2 atom stereocenters. The number of nitrogens with zero attached hydrogens (tertiary/aromatic N) is 9. The molecule has 0 radical (unpaired) electrons. The normalized spacial score (nSPS) is 25.6. The average molecular weight is 1070 g/mol. The number of ether oxygens (including phenoxy) is 2. The molecule has 12 rings (SSSR count). The second-order valence-corrected chi connectivity index (χ2v) is 23.2. The fraction of sp³-hybridized carbons (Fsp3) is 0.579. The standard InChI is InChI=1S/C57H68F4N10O6/c1-65-35-62-64-50(65)26-56(33-76-34-56)39-3-2-4-40(25-39)70-31-45-44(55(70)75)23-38(24-47(45)57(59,60)61)30-68-16-13-37(29-68)28-67-21-19-66(20-22-67)27-36-5-7-41(8-6-36)77-42-14-17-69(18-15-42)48-10-9-43-46(52(48)58)32-71(54(43)74)49-11-12-51(72)63-53(49)73/h2-4,9-10,23-25,35-37,41-42,49H,5-8,11-22,26-34H2,1H3,(H,63,72,73)/t36?,37-,41?,49?/m1/s1. The van der Waals surface area contributed by atoms with Gasteiger partial charge in [0, 0.05) is 113 Å². The number of nitrogens with one attached hydrogen (secondary N) is 1. The van der Waals surface area contributed by atoms with Gasteiger partial charge in [0.2, 0.25) is 11.8 Å². The maximum Gasteiger partial charge on any atom is 0.416 e. The van der Waals surface area contributed by atoms with Crippen molar-refractivity contribution in [1.29, 1.82) is 0 Å². The summed E-state index contributed by atoms with van der Waals surface area (Å²) in [6.07, 6.45) is 5.27. The molecule has 0 bridgehead atoms. The molecule has 1 N–H and O–H groups in total. The molecule has 1 aliphatic carbocycles. The van der Waals surface area contributed by atoms with E-state index in [4.69, 9.17) is 9.47 Å². The maximum absolute atomic E-state index is 16.0. The van der Waals surface area contributed by atoms with Gasteiger partial charge in [-0.1, -0.05) is 12.1 Å². The molecule has 4 amide bonds. The monoisotopic (exact) mass is 1060 g/mol. The molecule has 1 unspecified atom stereocenters. The molecule has 3 aromatic carbocycles. The molecule has 5 saturated heterocycles. The number of aryl methyl sites for hydroxylation is 1. The molecule has 0 spiro atoms. The minimum atomic E-state index is -4.61. The number of rotatable bonds is 14. The predicted octanol–water partition coefficient (Wildman–Crippen LogP) is 6.09. The quantitative estimate of drug-likeness (QED) is 0.115. The third-order valence-electron chi connectivity index (χ3n) is 18.1. The van der Waals surface area contributed by atoms with Gasteiger partial charge in [0.15, 0.2) is 5.82 Å². The van der Waals surface area contributed by atoms with Crippen molar-refractivity contribution < 1.29 is 46.2 Å². The van der Waals surface area contributed by atoms with Gasteiger partial charge in [-0.3, -0.25) is 29.4 Å². The lowest BCUT2D eigenvalue weighted by atomic mass is 9.75. The number of imide groups is 1. The van der Waals surface area contributed by atoms with Gasteiger partial charge in [-0.15, -0.1) is 10.2 Å². The van der Waals surface area contributed by atoms with Gasteiger partial charge >= 0.3 is 6.18 Å². The number of anilines is 2. The first kappa shape index (κ1) is 51.9. The number of piperazine rings is 1. The average Bonchev–Trinajstić information content (AvgIpc) is 4.31. The van der Waals surface area contributed by atoms with Crippen LogP contribution in [-0.4, -0.2) is 155 Å². The number of piperidine rings is 2. The van der Waals surface area contributed by atoms with Crippen LogP contribution in [0.4, 0.5) is 28.9 Å². The number of benzene rings is 3. The summed E-state index contributed by atoms with van der Waals surface area (Å²) in [4.78, 5) is 63.7. The molecule has 8 heterocycles. The Hall–Kier alpha value is -5.80. The van der Waals surface area contributed by atoms with E-state index in [0.717, 1.165) is 109 Å². The van der Waals surface area contributed by atoms with Gasteiger partial charge in [0.05, 0.1) is 49.8 Å². The molecule has 6 fully saturated rings. The lowest BCUT2D eigenvalue weighted by Crippen LogP contribution is -2.52. The first-order chi connectivity index (χ1) is 37.1. The van der Waals surface area contributed by atoms with Crippen LogP contribution in [0.5, 0.6) is 0 Å². The van der Waals surface area contributed by atoms with Crippen LogP contribution in [0.2, 0.25) is 0 Å². The van der Waals surface area contributed by atoms with Gasteiger partial charge in [0.25, 0.3) is 11.8 Å². The van der Waals surface area contributed by atoms with E-state index in [1.54, 1.807) is 30.6 Å². The summed E-state index contributed by atoms with van der Waals surface area (Å²) < 4.78 is 74.6. The number of carbonyl (C=O) groups is 4. The van der Waals surface area contributed by atoms with Gasteiger partial charge in [-0.2, -0.15) is 13.2 Å². The number of aromatic nitrogens is 3. The summed E-state index contributed by atoms with van der Waals surface area (Å²) in [5.74, 6) is -0.215. The van der Waals surface area contributed by atoms with Crippen LogP contribution >= 0.6 is 0 Å². The Morgan fingerprint density at radius 1 is 0.766 bits per heavy atom. The Labute approximate surface area is 446 Å². The summed E-state index contributed by atoms with van der Waals surface area (Å²) in [5.41, 5.74) is 2.14. The largest absolute Gasteiger partial charge is 0.416 e. The smallest absolute Gasteiger partial charge is 0.379 e. The lowest BCUT2D eigenvalue weighted by molar-refractivity contribution is -0.138. The van der Waals surface area contributed by atoms with Crippen molar-refractivity contribution in [1.82, 2.24) is 39.7 Å². The number of carbonyl (C=O) groups excluding carboxylic acids is 4. The van der Waals surface area contributed by atoms with E-state index in [0.29, 0.717) is 73.6 Å². The summed E-state index contributed by atoms with van der Waals surface area (Å²) in [5, 5.41) is 10.6. The predicted molar refractivity (Wildman–Crippen MR) is 276 cm³/mol. The van der Waals surface area contributed by atoms with Crippen LogP contribution in [0, 0.1) is 17.7 Å². The minimum absolute atomic E-state index is 0.0108. The van der Waals surface area contributed by atoms with E-state index < -0.39 is 35.4 Å². The maximum atomic E-state index is 16.0. The summed E-state index contributed by atoms with van der Waals surface area (Å²) in [7, 11) is 1.89. The molecular weight excluding hydrogens is 997 g/mol. The molecule has 8 aliphatic rings. The van der Waals surface area contributed by atoms with Crippen LogP contribution in [0.1, 0.15) is 112 Å². The van der Waals surface area contributed by atoms with Crippen LogP contribution in [-0.2, 0) is 63.8 Å². The zero-order valence-electron chi connectivity index (χ0n) is 43.7. The molecule has 7 aliphatic heterocycles. The van der Waals surface area contributed by atoms with E-state index in [-0.39, 0.29) is 72.1 Å². The lowest BCUT2D eigenvalue weighted by Gasteiger charge is -2.42. The number of halogens is 4. The molecular formula is C57H68F4N10O6. The summed E-state index contributed by atoms with van der Waals surface area (Å²) in [6, 6.07) is 13.1. The van der Waals surface area contributed by atoms with Gasteiger partial charge in [-0.05, 0) is 123 Å². The van der Waals surface area contributed by atoms with Crippen molar-refractivity contribution >= 4 is 35.0 Å². The third-order valence-corrected chi connectivity index (χ3v) is 18.1. The Morgan fingerprint density at radius 3 is 2.19 bits per heavy atom. The second-order valence-electron chi connectivity index (χ2n) is 23.2. The van der Waals surface area contributed by atoms with Gasteiger partial charge in [-0.25, -0.2) is 4.39 Å². The molecule has 4 aromatic rings. The highest BCUT2D eigenvalue weighted by Gasteiger charge is 2.45. The van der Waals surface area contributed by atoms with E-state index in [9.17, 15) is 32.3 Å². The molecule has 1 saturated carbocycles. The molecule has 1 aromatic heterocycles. The number of fused-ring (bicyclic) bond motifs is 2. The van der Waals surface area contributed by atoms with Crippen LogP contribution < -0.4 is 15.1 Å². The number of alkyl halides is 3. The Kier molecular flexibility index (Phi) is 14.2. The van der Waals surface area contributed by atoms with Crippen molar-refractivity contribution in [2.24, 2.45) is 18.9 Å². The van der Waals surface area contributed by atoms with Crippen molar-refractivity contribution in [3.05, 3.63) is 105 Å². The number of hydrogen-bond acceptors (Lipinski definition) is 12. The Balaban J connectivity index is 0.572. The highest BCUT2D eigenvalue weighted by molar-refractivity contribution is 6.10. The van der Waals surface area contributed by atoms with Crippen molar-refractivity contribution in [2.45, 2.75) is 114 Å². The zero-order chi connectivity index (χ0) is 53.2. The highest BCUT2D eigenvalue weighted by Crippen LogP contribution is 2.43. The molecule has 16 nitrogen and oxygen atoms in total. The second kappa shape index (κ2) is 21.1. The van der Waals surface area contributed by atoms with E-state index in [1.165, 1.54) is 15.9 Å². The SMILES string of the molecule is Cn1cnnc1CC1(c2cccc(N3Cc4c(cc(CN5CC[C@H](CN6CCN(CC7CCC(OC8CCN(c9ccc%10c(c9F)CN(C9CCC(=O)NC9=O)C%10=O)CC8)CC7)CC6)C5)cc4C(F)(F)F)C3=O)c2)COC1. The van der Waals surface area contributed by atoms with Crippen molar-refractivity contribution in [3.63, 3.8) is 0 Å². The van der Waals surface area contributed by atoms with Crippen LogP contribution in [0.15, 0.2) is 54.9 Å². The van der Waals surface area contributed by atoms with Crippen LogP contribution in [0.3, 0.4) is 0 Å². The van der Waals surface area contributed by atoms with E-state index in [2.05, 4.69) is 30.2 Å². The van der Waals surface area contributed by atoms with E-state index >= 15 is 4.39 Å². The fourth-order valence-electron chi connectivity index (χ4n) is 13.7. The molecule has 410 valence electrons. The highest BCUT2D eigenvalue weighted by atomic mass is 19.4. The Bertz CT molecular complexity index is 2910. The first-order valence-electron chi connectivity index (χ1n) is 27.7. The molecule has 77 heavy (non-hydrogen) atoms. The topological polar surface area (TPSA) is 149 Å². The minimum Gasteiger partial charge on any atom is -0.379 e. The third kappa shape index (κ3) is 10.5. The molecule has 20 heteroatoms. The summed E-state index contributed by atoms with van der Waals surface area (Å²) >= 11 is 0. The fourth-order valence-corrected chi connectivity index (χ4v) is 13.7.